The molecule has 0 saturated carbocycles. The molecule has 0 aromatic carbocycles. The zero-order valence-electron chi connectivity index (χ0n) is 8.32. The van der Waals surface area contributed by atoms with E-state index in [4.69, 9.17) is 10.2 Å². The molecule has 0 unspecified atom stereocenters. The fourth-order valence-electron chi connectivity index (χ4n) is 1.58. The van der Waals surface area contributed by atoms with E-state index in [1.165, 1.54) is 0 Å². The van der Waals surface area contributed by atoms with Crippen LogP contribution in [0.15, 0.2) is 22.8 Å². The fraction of sp³-hybridized carbons (Fsp3) is 0.300. The Labute approximate surface area is 82.4 Å². The Kier molecular flexibility index (Phi) is 2.13. The second kappa shape index (κ2) is 3.31. The van der Waals surface area contributed by atoms with Crippen LogP contribution in [0.4, 0.5) is 0 Å². The van der Waals surface area contributed by atoms with Gasteiger partial charge in [0.1, 0.15) is 0 Å². The minimum atomic E-state index is 0.496. The van der Waals surface area contributed by atoms with Crippen LogP contribution in [0.25, 0.3) is 11.6 Å². The molecule has 2 heterocycles. The molecule has 0 radical (unpaired) electrons. The molecule has 0 amide bonds. The van der Waals surface area contributed by atoms with Gasteiger partial charge >= 0.3 is 0 Å². The summed E-state index contributed by atoms with van der Waals surface area (Å²) in [7, 11) is 1.94. The van der Waals surface area contributed by atoms with Gasteiger partial charge in [-0.25, -0.2) is 4.98 Å². The summed E-state index contributed by atoms with van der Waals surface area (Å²) in [6.45, 7) is 2.45. The van der Waals surface area contributed by atoms with E-state index in [2.05, 4.69) is 4.98 Å². The highest BCUT2D eigenvalue weighted by Crippen LogP contribution is 2.20. The minimum absolute atomic E-state index is 0.496. The van der Waals surface area contributed by atoms with Crippen molar-refractivity contribution in [1.29, 1.82) is 0 Å². The smallest absolute Gasteiger partial charge is 0.176 e. The van der Waals surface area contributed by atoms with Crippen molar-refractivity contribution in [3.05, 3.63) is 29.8 Å². The molecule has 4 nitrogen and oxygen atoms in total. The highest BCUT2D eigenvalue weighted by molar-refractivity contribution is 5.49. The first-order valence-corrected chi connectivity index (χ1v) is 4.50. The van der Waals surface area contributed by atoms with Gasteiger partial charge in [-0.15, -0.1) is 0 Å². The molecule has 14 heavy (non-hydrogen) atoms. The number of hydrogen-bond acceptors (Lipinski definition) is 3. The number of rotatable bonds is 2. The number of hydrogen-bond donors (Lipinski definition) is 1. The molecule has 74 valence electrons. The third-order valence-electron chi connectivity index (χ3n) is 2.35. The first kappa shape index (κ1) is 9.02. The summed E-state index contributed by atoms with van der Waals surface area (Å²) < 4.78 is 7.26. The highest BCUT2D eigenvalue weighted by atomic mass is 16.3. The van der Waals surface area contributed by atoms with E-state index in [0.29, 0.717) is 6.54 Å². The third kappa shape index (κ3) is 1.24. The predicted molar refractivity (Wildman–Crippen MR) is 53.5 cm³/mol. The van der Waals surface area contributed by atoms with Crippen LogP contribution in [-0.2, 0) is 13.6 Å². The van der Waals surface area contributed by atoms with E-state index >= 15 is 0 Å². The lowest BCUT2D eigenvalue weighted by Crippen LogP contribution is -2.05. The van der Waals surface area contributed by atoms with Crippen molar-refractivity contribution < 1.29 is 4.42 Å². The van der Waals surface area contributed by atoms with E-state index in [-0.39, 0.29) is 0 Å². The summed E-state index contributed by atoms with van der Waals surface area (Å²) in [5.74, 6) is 1.60. The van der Waals surface area contributed by atoms with Gasteiger partial charge in [0, 0.05) is 13.6 Å². The SMILES string of the molecule is Cc1nc(-c2ccco2)n(C)c1CN. The Hall–Kier alpha value is -1.55. The number of nitrogens with two attached hydrogens (primary N) is 1. The Morgan fingerprint density at radius 1 is 1.57 bits per heavy atom. The Morgan fingerprint density at radius 3 is 2.86 bits per heavy atom. The predicted octanol–water partition coefficient (Wildman–Crippen LogP) is 1.45. The van der Waals surface area contributed by atoms with Crippen molar-refractivity contribution in [3.63, 3.8) is 0 Å². The number of aryl methyl sites for hydroxylation is 1. The largest absolute Gasteiger partial charge is 0.461 e. The molecule has 2 aromatic rings. The molecule has 4 heteroatoms. The van der Waals surface area contributed by atoms with E-state index in [1.807, 2.05) is 30.7 Å². The molecule has 0 spiro atoms. The Morgan fingerprint density at radius 2 is 2.36 bits per heavy atom. The minimum Gasteiger partial charge on any atom is -0.461 e. The van der Waals surface area contributed by atoms with Crippen LogP contribution < -0.4 is 5.73 Å². The van der Waals surface area contributed by atoms with E-state index in [0.717, 1.165) is 23.0 Å². The normalized spacial score (nSPS) is 10.8. The molecule has 0 fully saturated rings. The summed E-state index contributed by atoms with van der Waals surface area (Å²) in [6.07, 6.45) is 1.64. The number of aromatic nitrogens is 2. The van der Waals surface area contributed by atoms with Gasteiger partial charge in [-0.05, 0) is 19.1 Å². The lowest BCUT2D eigenvalue weighted by molar-refractivity contribution is 0.573. The van der Waals surface area contributed by atoms with Gasteiger partial charge < -0.3 is 14.7 Å². The standard InChI is InChI=1S/C10H13N3O/c1-7-8(6-11)13(2)10(12-7)9-4-3-5-14-9/h3-5H,6,11H2,1-2H3. The first-order valence-electron chi connectivity index (χ1n) is 4.50. The van der Waals surface area contributed by atoms with E-state index in [1.54, 1.807) is 6.26 Å². The van der Waals surface area contributed by atoms with Gasteiger partial charge in [-0.2, -0.15) is 0 Å². The topological polar surface area (TPSA) is 57.0 Å². The second-order valence-electron chi connectivity index (χ2n) is 3.21. The summed E-state index contributed by atoms with van der Waals surface area (Å²) in [5.41, 5.74) is 7.62. The third-order valence-corrected chi connectivity index (χ3v) is 2.35. The quantitative estimate of drug-likeness (QED) is 0.781. The lowest BCUT2D eigenvalue weighted by Gasteiger charge is -2.01. The lowest BCUT2D eigenvalue weighted by atomic mass is 10.3. The van der Waals surface area contributed by atoms with Crippen LogP contribution in [0.1, 0.15) is 11.4 Å². The van der Waals surface area contributed by atoms with Crippen molar-refractivity contribution in [3.8, 4) is 11.6 Å². The van der Waals surface area contributed by atoms with Gasteiger partial charge in [0.15, 0.2) is 11.6 Å². The maximum atomic E-state index is 5.63. The summed E-state index contributed by atoms with van der Waals surface area (Å²) in [5, 5.41) is 0. The molecular formula is C10H13N3O. The molecule has 2 rings (SSSR count). The summed E-state index contributed by atoms with van der Waals surface area (Å²) in [6, 6.07) is 3.74. The first-order chi connectivity index (χ1) is 6.74. The maximum absolute atomic E-state index is 5.63. The van der Waals surface area contributed by atoms with Crippen LogP contribution in [0.5, 0.6) is 0 Å². The van der Waals surface area contributed by atoms with Crippen molar-refractivity contribution in [2.24, 2.45) is 12.8 Å². The number of nitrogens with zero attached hydrogens (tertiary/aromatic N) is 2. The van der Waals surface area contributed by atoms with Crippen molar-refractivity contribution >= 4 is 0 Å². The highest BCUT2D eigenvalue weighted by Gasteiger charge is 2.13. The van der Waals surface area contributed by atoms with Crippen LogP contribution in [0, 0.1) is 6.92 Å². The molecule has 2 aromatic heterocycles. The molecule has 0 atom stereocenters. The van der Waals surface area contributed by atoms with Crippen molar-refractivity contribution in [2.75, 3.05) is 0 Å². The molecule has 0 saturated heterocycles. The second-order valence-corrected chi connectivity index (χ2v) is 3.21. The molecule has 0 bridgehead atoms. The zero-order valence-corrected chi connectivity index (χ0v) is 8.32. The van der Waals surface area contributed by atoms with Gasteiger partial charge in [0.05, 0.1) is 17.7 Å². The maximum Gasteiger partial charge on any atom is 0.176 e. The monoisotopic (exact) mass is 191 g/mol. The average Bonchev–Trinajstić information content (AvgIpc) is 2.74. The van der Waals surface area contributed by atoms with Crippen molar-refractivity contribution in [1.82, 2.24) is 9.55 Å². The summed E-state index contributed by atoms with van der Waals surface area (Å²) >= 11 is 0. The number of imidazole rings is 1. The zero-order chi connectivity index (χ0) is 10.1. The molecule has 0 aliphatic rings. The molecule has 0 aliphatic carbocycles. The van der Waals surface area contributed by atoms with Gasteiger partial charge in [0.25, 0.3) is 0 Å². The van der Waals surface area contributed by atoms with Crippen LogP contribution in [0.3, 0.4) is 0 Å². The Bertz CT molecular complexity index is 428. The fourth-order valence-corrected chi connectivity index (χ4v) is 1.58. The summed E-state index contributed by atoms with van der Waals surface area (Å²) in [4.78, 5) is 4.41. The van der Waals surface area contributed by atoms with Crippen molar-refractivity contribution in [2.45, 2.75) is 13.5 Å². The van der Waals surface area contributed by atoms with E-state index in [9.17, 15) is 0 Å². The van der Waals surface area contributed by atoms with Gasteiger partial charge in [-0.3, -0.25) is 0 Å². The molecule has 2 N–H and O–H groups in total. The van der Waals surface area contributed by atoms with Gasteiger partial charge in [0.2, 0.25) is 0 Å². The van der Waals surface area contributed by atoms with Crippen LogP contribution in [-0.4, -0.2) is 9.55 Å². The van der Waals surface area contributed by atoms with Crippen LogP contribution >= 0.6 is 0 Å². The Balaban J connectivity index is 2.55. The average molecular weight is 191 g/mol. The number of furan rings is 1. The van der Waals surface area contributed by atoms with Crippen LogP contribution in [0.2, 0.25) is 0 Å². The molecular weight excluding hydrogens is 178 g/mol. The van der Waals surface area contributed by atoms with E-state index < -0.39 is 0 Å². The molecule has 0 aliphatic heterocycles. The van der Waals surface area contributed by atoms with Gasteiger partial charge in [-0.1, -0.05) is 0 Å².